The highest BCUT2D eigenvalue weighted by atomic mass is 32.2. The average Bonchev–Trinajstić information content (AvgIpc) is 2.35. The third-order valence-electron chi connectivity index (χ3n) is 2.82. The van der Waals surface area contributed by atoms with Gasteiger partial charge in [-0.25, -0.2) is 9.59 Å². The Hall–Kier alpha value is -1.69. The largest absolute Gasteiger partial charge is 0.480 e. The molecular formula is C17H25NO4S. The fourth-order valence-corrected chi connectivity index (χ4v) is 3.17. The third-order valence-corrected chi connectivity index (χ3v) is 4.05. The minimum Gasteiger partial charge on any atom is -0.480 e. The molecule has 128 valence electrons. The Morgan fingerprint density at radius 3 is 2.22 bits per heavy atom. The van der Waals surface area contributed by atoms with Gasteiger partial charge in [0.25, 0.3) is 0 Å². The minimum absolute atomic E-state index is 0.279. The molecule has 0 radical (unpaired) electrons. The molecule has 0 bridgehead atoms. The van der Waals surface area contributed by atoms with E-state index in [1.807, 2.05) is 44.2 Å². The Balaban J connectivity index is 2.71. The van der Waals surface area contributed by atoms with Crippen LogP contribution in [0.25, 0.3) is 0 Å². The number of carboxylic acids is 1. The lowest BCUT2D eigenvalue weighted by molar-refractivity contribution is -0.139. The van der Waals surface area contributed by atoms with Crippen LogP contribution in [0.15, 0.2) is 35.2 Å². The van der Waals surface area contributed by atoms with Crippen LogP contribution in [0.3, 0.4) is 0 Å². The van der Waals surface area contributed by atoms with Gasteiger partial charge in [-0.3, -0.25) is 0 Å². The number of nitrogens with one attached hydrogen (secondary N) is 1. The summed E-state index contributed by atoms with van der Waals surface area (Å²) in [6, 6.07) is 8.75. The highest BCUT2D eigenvalue weighted by Gasteiger charge is 2.31. The van der Waals surface area contributed by atoms with Gasteiger partial charge < -0.3 is 15.2 Å². The van der Waals surface area contributed by atoms with Crippen LogP contribution in [0.5, 0.6) is 0 Å². The number of rotatable bonds is 6. The molecule has 0 fully saturated rings. The molecule has 1 amide bonds. The molecule has 6 heteroatoms. The lowest BCUT2D eigenvalue weighted by Gasteiger charge is -2.28. The quantitative estimate of drug-likeness (QED) is 0.768. The van der Waals surface area contributed by atoms with E-state index in [9.17, 15) is 14.7 Å². The Bertz CT molecular complexity index is 537. The molecule has 1 aromatic carbocycles. The molecule has 0 saturated carbocycles. The zero-order valence-corrected chi connectivity index (χ0v) is 15.1. The van der Waals surface area contributed by atoms with E-state index in [-0.39, 0.29) is 11.2 Å². The summed E-state index contributed by atoms with van der Waals surface area (Å²) in [7, 11) is 0. The highest BCUT2D eigenvalue weighted by Crippen LogP contribution is 2.35. The molecule has 1 aromatic rings. The van der Waals surface area contributed by atoms with Crippen LogP contribution in [0, 0.1) is 0 Å². The van der Waals surface area contributed by atoms with Crippen LogP contribution >= 0.6 is 11.8 Å². The number of thioether (sulfide) groups is 1. The summed E-state index contributed by atoms with van der Waals surface area (Å²) in [6.45, 7) is 9.11. The van der Waals surface area contributed by atoms with Crippen molar-refractivity contribution in [3.8, 4) is 0 Å². The molecule has 5 nitrogen and oxygen atoms in total. The first-order valence-corrected chi connectivity index (χ1v) is 8.26. The Morgan fingerprint density at radius 2 is 1.74 bits per heavy atom. The second-order valence-corrected chi connectivity index (χ2v) is 8.70. The first kappa shape index (κ1) is 19.4. The first-order valence-electron chi connectivity index (χ1n) is 7.45. The van der Waals surface area contributed by atoms with Crippen molar-refractivity contribution in [3.05, 3.63) is 30.3 Å². The summed E-state index contributed by atoms with van der Waals surface area (Å²) in [5.74, 6) is -1.07. The van der Waals surface area contributed by atoms with E-state index >= 15 is 0 Å². The molecule has 1 atom stereocenters. The van der Waals surface area contributed by atoms with Gasteiger partial charge in [-0.1, -0.05) is 32.0 Å². The van der Waals surface area contributed by atoms with Crippen molar-refractivity contribution in [2.24, 2.45) is 0 Å². The van der Waals surface area contributed by atoms with Crippen LogP contribution in [0.1, 0.15) is 41.0 Å². The van der Waals surface area contributed by atoms with Gasteiger partial charge in [0.15, 0.2) is 0 Å². The average molecular weight is 339 g/mol. The fourth-order valence-electron chi connectivity index (χ4n) is 1.99. The van der Waals surface area contributed by atoms with Gasteiger partial charge in [-0.05, 0) is 39.3 Å². The van der Waals surface area contributed by atoms with Crippen molar-refractivity contribution in [2.45, 2.75) is 62.3 Å². The maximum absolute atomic E-state index is 11.8. The van der Waals surface area contributed by atoms with E-state index in [2.05, 4.69) is 5.32 Å². The predicted octanol–water partition coefficient (Wildman–Crippen LogP) is 3.93. The van der Waals surface area contributed by atoms with Gasteiger partial charge in [0.05, 0.1) is 0 Å². The van der Waals surface area contributed by atoms with Crippen LogP contribution in [-0.4, -0.2) is 33.6 Å². The van der Waals surface area contributed by atoms with Gasteiger partial charge in [-0.2, -0.15) is 0 Å². The van der Waals surface area contributed by atoms with Gasteiger partial charge in [-0.15, -0.1) is 11.8 Å². The number of hydrogen-bond donors (Lipinski definition) is 2. The molecule has 0 aliphatic carbocycles. The summed E-state index contributed by atoms with van der Waals surface area (Å²) >= 11 is 1.58. The van der Waals surface area contributed by atoms with E-state index in [4.69, 9.17) is 4.74 Å². The van der Waals surface area contributed by atoms with Crippen LogP contribution in [0.4, 0.5) is 4.79 Å². The lowest BCUT2D eigenvalue weighted by atomic mass is 10.0. The number of hydrogen-bond acceptors (Lipinski definition) is 4. The first-order chi connectivity index (χ1) is 10.5. The van der Waals surface area contributed by atoms with E-state index in [0.717, 1.165) is 4.90 Å². The number of aliphatic carboxylic acids is 1. The highest BCUT2D eigenvalue weighted by molar-refractivity contribution is 8.00. The number of carbonyl (C=O) groups is 2. The van der Waals surface area contributed by atoms with E-state index < -0.39 is 23.7 Å². The smallest absolute Gasteiger partial charge is 0.408 e. The van der Waals surface area contributed by atoms with Crippen LogP contribution in [-0.2, 0) is 9.53 Å². The Labute approximate surface area is 141 Å². The monoisotopic (exact) mass is 339 g/mol. The molecular weight excluding hydrogens is 314 g/mol. The zero-order valence-electron chi connectivity index (χ0n) is 14.3. The molecule has 0 heterocycles. The maximum atomic E-state index is 11.8. The Kier molecular flexibility index (Phi) is 6.50. The molecule has 0 aromatic heterocycles. The van der Waals surface area contributed by atoms with E-state index in [1.165, 1.54) is 0 Å². The third kappa shape index (κ3) is 7.93. The van der Waals surface area contributed by atoms with Crippen molar-refractivity contribution < 1.29 is 19.4 Å². The van der Waals surface area contributed by atoms with Crippen molar-refractivity contribution in [2.75, 3.05) is 0 Å². The van der Waals surface area contributed by atoms with E-state index in [0.29, 0.717) is 0 Å². The number of carboxylic acid groups (broad SMARTS) is 1. The standard InChI is InChI=1S/C17H25NO4S/c1-16(2,3)22-15(21)18-13(14(19)20)11-17(4,5)23-12-9-7-6-8-10-12/h6-10,13H,11H2,1-5H3,(H,18,21)(H,19,20). The summed E-state index contributed by atoms with van der Waals surface area (Å²) in [4.78, 5) is 24.3. The molecule has 0 spiro atoms. The van der Waals surface area contributed by atoms with Gasteiger partial charge in [0.2, 0.25) is 0 Å². The molecule has 1 unspecified atom stereocenters. The maximum Gasteiger partial charge on any atom is 0.408 e. The number of carbonyl (C=O) groups excluding carboxylic acids is 1. The molecule has 0 aliphatic rings. The summed E-state index contributed by atoms with van der Waals surface area (Å²) < 4.78 is 4.77. The second-order valence-electron chi connectivity index (χ2n) is 6.92. The molecule has 0 aliphatic heterocycles. The van der Waals surface area contributed by atoms with Crippen LogP contribution < -0.4 is 5.32 Å². The van der Waals surface area contributed by atoms with Crippen molar-refractivity contribution in [3.63, 3.8) is 0 Å². The SMILES string of the molecule is CC(C)(C)OC(=O)NC(CC(C)(C)Sc1ccccc1)C(=O)O. The number of ether oxygens (including phenoxy) is 1. The number of benzene rings is 1. The number of alkyl carbamates (subject to hydrolysis) is 1. The topological polar surface area (TPSA) is 75.6 Å². The molecule has 0 saturated heterocycles. The van der Waals surface area contributed by atoms with Crippen LogP contribution in [0.2, 0.25) is 0 Å². The summed E-state index contributed by atoms with van der Waals surface area (Å²) in [5, 5.41) is 11.8. The Morgan fingerprint density at radius 1 is 1.17 bits per heavy atom. The molecule has 1 rings (SSSR count). The number of amides is 1. The fraction of sp³-hybridized carbons (Fsp3) is 0.529. The predicted molar refractivity (Wildman–Crippen MR) is 91.8 cm³/mol. The van der Waals surface area contributed by atoms with Gasteiger partial charge in [0.1, 0.15) is 11.6 Å². The van der Waals surface area contributed by atoms with Crippen molar-refractivity contribution >= 4 is 23.8 Å². The molecule has 23 heavy (non-hydrogen) atoms. The zero-order chi connectivity index (χ0) is 17.7. The van der Waals surface area contributed by atoms with Crippen molar-refractivity contribution in [1.29, 1.82) is 0 Å². The lowest BCUT2D eigenvalue weighted by Crippen LogP contribution is -2.46. The van der Waals surface area contributed by atoms with Gasteiger partial charge >= 0.3 is 12.1 Å². The summed E-state index contributed by atoms with van der Waals surface area (Å²) in [6.07, 6.45) is -0.438. The molecule has 2 N–H and O–H groups in total. The van der Waals surface area contributed by atoms with Crippen molar-refractivity contribution in [1.82, 2.24) is 5.32 Å². The van der Waals surface area contributed by atoms with Gasteiger partial charge in [0, 0.05) is 9.64 Å². The summed E-state index contributed by atoms with van der Waals surface area (Å²) in [5.41, 5.74) is -0.665. The minimum atomic E-state index is -1.07. The normalized spacial score (nSPS) is 13.3. The van der Waals surface area contributed by atoms with E-state index in [1.54, 1.807) is 32.5 Å². The second kappa shape index (κ2) is 7.73.